The molecule has 350 valence electrons. The summed E-state index contributed by atoms with van der Waals surface area (Å²) in [5, 5.41) is 27.2. The topological polar surface area (TPSA) is 207 Å². The molecule has 2 rings (SSSR count). The molecule has 0 bridgehead atoms. The second-order valence-corrected chi connectivity index (χ2v) is 16.9. The maximum Gasteiger partial charge on any atom is 0.306 e. The molecule has 17 heteroatoms. The monoisotopic (exact) mass is 863 g/mol. The Labute approximate surface area is 358 Å². The highest BCUT2D eigenvalue weighted by atomic mass is 16.7. The molecule has 0 aromatic carbocycles. The maximum absolute atomic E-state index is 12.8. The van der Waals surface area contributed by atoms with Crippen molar-refractivity contribution in [1.82, 2.24) is 10.2 Å². The summed E-state index contributed by atoms with van der Waals surface area (Å²) < 4.78 is 55.1. The molecule has 2 saturated heterocycles. The minimum atomic E-state index is -1.29. The minimum absolute atomic E-state index is 0.0259. The van der Waals surface area contributed by atoms with Crippen molar-refractivity contribution in [2.24, 2.45) is 17.8 Å². The maximum atomic E-state index is 12.8. The van der Waals surface area contributed by atoms with Crippen LogP contribution in [-0.2, 0) is 61.8 Å². The lowest BCUT2D eigenvalue weighted by Gasteiger charge is -2.53. The SMILES string of the molecule is CCC(=O)O[C@H](CC)[C@@H](OC)[C@H]([C@@H](CC(OC)OC)C[C@@H](C)[C@@H](O)CNCCC(C)=O)[C@@H]1O[C@H](C)[C@@H](O[C@@H]2C[C@@](C)(OC(C)=O)[C@@H](OC(=O)CC)[C@H](C)O2)[C@H](N(C)C)[C@H]1O. The Balaban J connectivity index is 2.66. The van der Waals surface area contributed by atoms with Crippen LogP contribution >= 0.6 is 0 Å². The van der Waals surface area contributed by atoms with Gasteiger partial charge in [-0.3, -0.25) is 19.2 Å². The van der Waals surface area contributed by atoms with E-state index in [0.29, 0.717) is 32.2 Å². The molecule has 0 unspecified atom stereocenters. The van der Waals surface area contributed by atoms with Gasteiger partial charge in [0.2, 0.25) is 0 Å². The zero-order chi connectivity index (χ0) is 45.5. The molecule has 0 spiro atoms. The van der Waals surface area contributed by atoms with E-state index in [0.717, 1.165) is 0 Å². The molecule has 0 aliphatic carbocycles. The van der Waals surface area contributed by atoms with Crippen LogP contribution in [0.4, 0.5) is 0 Å². The molecule has 0 radical (unpaired) electrons. The van der Waals surface area contributed by atoms with Crippen molar-refractivity contribution >= 4 is 23.7 Å². The molecule has 0 aromatic rings. The number of methoxy groups -OCH3 is 3. The lowest BCUT2D eigenvalue weighted by atomic mass is 9.70. The van der Waals surface area contributed by atoms with Crippen molar-refractivity contribution in [2.75, 3.05) is 48.5 Å². The molecular formula is C43H78N2O15. The molecule has 0 saturated carbocycles. The quantitative estimate of drug-likeness (QED) is 0.0494. The number of hydrogen-bond acceptors (Lipinski definition) is 17. The van der Waals surface area contributed by atoms with E-state index in [-0.39, 0.29) is 37.5 Å². The fourth-order valence-corrected chi connectivity index (χ4v) is 8.82. The number of carbonyl (C=O) groups excluding carboxylic acids is 4. The number of nitrogens with one attached hydrogen (secondary N) is 1. The van der Waals surface area contributed by atoms with Gasteiger partial charge in [0, 0.05) is 79.4 Å². The van der Waals surface area contributed by atoms with Gasteiger partial charge < -0.3 is 63.1 Å². The van der Waals surface area contributed by atoms with Crippen molar-refractivity contribution in [1.29, 1.82) is 0 Å². The van der Waals surface area contributed by atoms with Crippen LogP contribution in [0.5, 0.6) is 0 Å². The largest absolute Gasteiger partial charge is 0.460 e. The summed E-state index contributed by atoms with van der Waals surface area (Å²) >= 11 is 0. The van der Waals surface area contributed by atoms with E-state index < -0.39 is 109 Å². The van der Waals surface area contributed by atoms with E-state index in [9.17, 15) is 29.4 Å². The van der Waals surface area contributed by atoms with E-state index in [1.807, 2.05) is 39.8 Å². The lowest BCUT2D eigenvalue weighted by Crippen LogP contribution is -2.67. The summed E-state index contributed by atoms with van der Waals surface area (Å²) in [7, 11) is 8.28. The fourth-order valence-electron chi connectivity index (χ4n) is 8.82. The third kappa shape index (κ3) is 15.2. The van der Waals surface area contributed by atoms with Gasteiger partial charge in [-0.25, -0.2) is 0 Å². The highest BCUT2D eigenvalue weighted by Gasteiger charge is 2.56. The fraction of sp³-hybridized carbons (Fsp3) is 0.907. The van der Waals surface area contributed by atoms with Crippen molar-refractivity contribution in [3.05, 3.63) is 0 Å². The summed E-state index contributed by atoms with van der Waals surface area (Å²) in [4.78, 5) is 51.0. The molecule has 15 atom stereocenters. The number of likely N-dealkylation sites (N-methyl/N-ethyl adjacent to an activating group) is 1. The Kier molecular flexibility index (Phi) is 23.1. The predicted molar refractivity (Wildman–Crippen MR) is 221 cm³/mol. The van der Waals surface area contributed by atoms with Gasteiger partial charge in [0.25, 0.3) is 0 Å². The summed E-state index contributed by atoms with van der Waals surface area (Å²) in [5.74, 6) is -2.74. The van der Waals surface area contributed by atoms with E-state index in [1.165, 1.54) is 28.1 Å². The summed E-state index contributed by atoms with van der Waals surface area (Å²) in [6.45, 7) is 16.0. The van der Waals surface area contributed by atoms with Gasteiger partial charge in [-0.1, -0.05) is 27.7 Å². The first kappa shape index (κ1) is 53.8. The first-order valence-corrected chi connectivity index (χ1v) is 21.6. The van der Waals surface area contributed by atoms with Crippen molar-refractivity contribution < 1.29 is 72.0 Å². The average molecular weight is 863 g/mol. The summed E-state index contributed by atoms with van der Waals surface area (Å²) in [6, 6.07) is -0.693. The zero-order valence-electron chi connectivity index (χ0n) is 38.7. The van der Waals surface area contributed by atoms with E-state index in [1.54, 1.807) is 34.8 Å². The van der Waals surface area contributed by atoms with Gasteiger partial charge in [0.1, 0.15) is 18.0 Å². The van der Waals surface area contributed by atoms with Gasteiger partial charge in [-0.05, 0) is 66.5 Å². The van der Waals surface area contributed by atoms with Gasteiger partial charge in [0.05, 0.1) is 42.7 Å². The Morgan fingerprint density at radius 1 is 0.933 bits per heavy atom. The molecule has 2 fully saturated rings. The second kappa shape index (κ2) is 25.7. The molecule has 60 heavy (non-hydrogen) atoms. The van der Waals surface area contributed by atoms with Crippen LogP contribution in [0.1, 0.15) is 107 Å². The predicted octanol–water partition coefficient (Wildman–Crippen LogP) is 3.17. The molecular weight excluding hydrogens is 784 g/mol. The summed E-state index contributed by atoms with van der Waals surface area (Å²) in [6.07, 6.45) is -7.41. The Morgan fingerprint density at radius 3 is 2.08 bits per heavy atom. The van der Waals surface area contributed by atoms with E-state index in [4.69, 9.17) is 42.6 Å². The number of aliphatic hydroxyl groups is 2. The highest BCUT2D eigenvalue weighted by molar-refractivity contribution is 5.75. The lowest BCUT2D eigenvalue weighted by molar-refractivity contribution is -0.320. The molecule has 0 amide bonds. The number of ether oxygens (including phenoxy) is 9. The average Bonchev–Trinajstić information content (AvgIpc) is 3.18. The number of Topliss-reactive ketones (excluding diaryl/α,β-unsaturated/α-hetero) is 1. The Morgan fingerprint density at radius 2 is 1.57 bits per heavy atom. The van der Waals surface area contributed by atoms with E-state index in [2.05, 4.69) is 5.32 Å². The number of carbonyl (C=O) groups is 4. The van der Waals surface area contributed by atoms with Gasteiger partial charge >= 0.3 is 17.9 Å². The number of aliphatic hydroxyl groups excluding tert-OH is 2. The van der Waals surface area contributed by atoms with Crippen LogP contribution in [0.15, 0.2) is 0 Å². The Bertz CT molecular complexity index is 1320. The number of hydrogen-bond donors (Lipinski definition) is 3. The van der Waals surface area contributed by atoms with Crippen molar-refractivity contribution in [3.63, 3.8) is 0 Å². The highest BCUT2D eigenvalue weighted by Crippen LogP contribution is 2.43. The van der Waals surface area contributed by atoms with Crippen molar-refractivity contribution in [3.8, 4) is 0 Å². The van der Waals surface area contributed by atoms with Crippen molar-refractivity contribution in [2.45, 2.75) is 186 Å². The number of rotatable bonds is 26. The van der Waals surface area contributed by atoms with Crippen LogP contribution in [0.25, 0.3) is 0 Å². The third-order valence-corrected chi connectivity index (χ3v) is 11.9. The number of nitrogens with zero attached hydrogens (tertiary/aromatic N) is 1. The standard InChI is InChI=1S/C43H78N2O15/c1-15-31(57-32(49)16-2)40(54-14)36(29(21-34(52-12)53-13)20-24(4)30(48)23-44-19-18-25(5)46)41-38(51)37(45(10)11)39(26(6)56-41)59-35-22-43(9,60-28(8)47)42(27(7)55-35)58-33(50)17-3/h24,26-27,29-31,34-42,44,48,51H,15-23H2,1-14H3/t24-,26-,27+,29-,30+,31-,35-,36+,37-,38-,39-,40-,41+,42+,43-/m1/s1. The van der Waals surface area contributed by atoms with Crippen LogP contribution in [0.2, 0.25) is 0 Å². The molecule has 2 aliphatic heterocycles. The number of ketones is 1. The number of esters is 3. The molecule has 3 N–H and O–H groups in total. The zero-order valence-corrected chi connectivity index (χ0v) is 38.7. The first-order valence-electron chi connectivity index (χ1n) is 21.6. The Hall–Kier alpha value is -2.32. The summed E-state index contributed by atoms with van der Waals surface area (Å²) in [5.41, 5.74) is -1.29. The normalized spacial score (nSPS) is 30.2. The smallest absolute Gasteiger partial charge is 0.306 e. The molecule has 2 aliphatic rings. The van der Waals surface area contributed by atoms with Gasteiger partial charge in [-0.15, -0.1) is 0 Å². The first-order chi connectivity index (χ1) is 28.2. The van der Waals surface area contributed by atoms with Crippen LogP contribution in [0, 0.1) is 17.8 Å². The van der Waals surface area contributed by atoms with Crippen LogP contribution in [-0.4, -0.2) is 166 Å². The molecule has 17 nitrogen and oxygen atoms in total. The third-order valence-electron chi connectivity index (χ3n) is 11.9. The van der Waals surface area contributed by atoms with Crippen LogP contribution < -0.4 is 5.32 Å². The molecule has 0 aromatic heterocycles. The van der Waals surface area contributed by atoms with Crippen LogP contribution in [0.3, 0.4) is 0 Å². The minimum Gasteiger partial charge on any atom is -0.460 e. The molecule has 2 heterocycles. The van der Waals surface area contributed by atoms with Gasteiger partial charge in [0.15, 0.2) is 24.3 Å². The second-order valence-electron chi connectivity index (χ2n) is 16.9. The van der Waals surface area contributed by atoms with Gasteiger partial charge in [-0.2, -0.15) is 0 Å². The van der Waals surface area contributed by atoms with E-state index >= 15 is 0 Å².